The SMILES string of the molecule is O=c1[nH]cnc2c1C(c1ccccc1Cl)c1ccc3ccccc3c1O2. The molecule has 5 rings (SSSR count). The number of rotatable bonds is 1. The predicted molar refractivity (Wildman–Crippen MR) is 101 cm³/mol. The topological polar surface area (TPSA) is 55.0 Å². The van der Waals surface area contributed by atoms with Crippen LogP contribution in [0, 0.1) is 0 Å². The molecule has 26 heavy (non-hydrogen) atoms. The van der Waals surface area contributed by atoms with Crippen molar-refractivity contribution < 1.29 is 4.74 Å². The Morgan fingerprint density at radius 1 is 0.962 bits per heavy atom. The molecule has 1 unspecified atom stereocenters. The largest absolute Gasteiger partial charge is 0.437 e. The first kappa shape index (κ1) is 15.2. The molecule has 0 bridgehead atoms. The number of hydrogen-bond acceptors (Lipinski definition) is 3. The second-order valence-corrected chi connectivity index (χ2v) is 6.62. The normalized spacial score (nSPS) is 15.2. The van der Waals surface area contributed by atoms with E-state index in [0.717, 1.165) is 27.6 Å². The molecule has 5 heteroatoms. The molecule has 0 fully saturated rings. The van der Waals surface area contributed by atoms with E-state index in [1.54, 1.807) is 0 Å². The summed E-state index contributed by atoms with van der Waals surface area (Å²) in [5.74, 6) is 0.700. The Balaban J connectivity index is 1.89. The highest BCUT2D eigenvalue weighted by atomic mass is 35.5. The van der Waals surface area contributed by atoms with E-state index in [-0.39, 0.29) is 11.5 Å². The van der Waals surface area contributed by atoms with Gasteiger partial charge in [-0.15, -0.1) is 0 Å². The molecule has 1 aromatic heterocycles. The molecule has 0 aliphatic carbocycles. The Hall–Kier alpha value is -3.11. The average molecular weight is 361 g/mol. The van der Waals surface area contributed by atoms with Crippen molar-refractivity contribution in [1.29, 1.82) is 0 Å². The Morgan fingerprint density at radius 3 is 2.65 bits per heavy atom. The molecule has 126 valence electrons. The van der Waals surface area contributed by atoms with Crippen LogP contribution in [0.2, 0.25) is 5.02 Å². The van der Waals surface area contributed by atoms with E-state index in [1.165, 1.54) is 6.33 Å². The Labute approximate surface area is 154 Å². The maximum atomic E-state index is 12.6. The van der Waals surface area contributed by atoms with Gasteiger partial charge in [0.1, 0.15) is 5.75 Å². The third-order valence-electron chi connectivity index (χ3n) is 4.78. The molecule has 0 radical (unpaired) electrons. The van der Waals surface area contributed by atoms with Crippen LogP contribution in [0.5, 0.6) is 11.6 Å². The number of hydrogen-bond donors (Lipinski definition) is 1. The van der Waals surface area contributed by atoms with Gasteiger partial charge in [0.25, 0.3) is 5.56 Å². The van der Waals surface area contributed by atoms with Gasteiger partial charge in [-0.2, -0.15) is 0 Å². The van der Waals surface area contributed by atoms with Crippen molar-refractivity contribution in [3.8, 4) is 11.6 Å². The van der Waals surface area contributed by atoms with Gasteiger partial charge in [-0.25, -0.2) is 4.98 Å². The van der Waals surface area contributed by atoms with Crippen LogP contribution in [0.15, 0.2) is 71.8 Å². The first-order valence-electron chi connectivity index (χ1n) is 8.25. The van der Waals surface area contributed by atoms with Crippen LogP contribution >= 0.6 is 11.6 Å². The number of ether oxygens (including phenoxy) is 1. The highest BCUT2D eigenvalue weighted by Crippen LogP contribution is 2.48. The molecule has 0 spiro atoms. The fourth-order valence-corrected chi connectivity index (χ4v) is 3.86. The van der Waals surface area contributed by atoms with Crippen molar-refractivity contribution in [2.75, 3.05) is 0 Å². The van der Waals surface area contributed by atoms with E-state index in [2.05, 4.69) is 9.97 Å². The predicted octanol–water partition coefficient (Wildman–Crippen LogP) is 4.86. The minimum absolute atomic E-state index is 0.223. The molecule has 0 saturated heterocycles. The number of halogens is 1. The van der Waals surface area contributed by atoms with E-state index < -0.39 is 0 Å². The fraction of sp³-hybridized carbons (Fsp3) is 0.0476. The van der Waals surface area contributed by atoms with Crippen molar-refractivity contribution in [2.45, 2.75) is 5.92 Å². The van der Waals surface area contributed by atoms with Crippen LogP contribution < -0.4 is 10.3 Å². The van der Waals surface area contributed by atoms with Gasteiger partial charge in [-0.05, 0) is 17.0 Å². The van der Waals surface area contributed by atoms with Gasteiger partial charge in [0.2, 0.25) is 5.88 Å². The summed E-state index contributed by atoms with van der Waals surface area (Å²) in [7, 11) is 0. The van der Waals surface area contributed by atoms with E-state index >= 15 is 0 Å². The Bertz CT molecular complexity index is 1220. The van der Waals surface area contributed by atoms with Crippen molar-refractivity contribution in [1.82, 2.24) is 9.97 Å². The van der Waals surface area contributed by atoms with E-state index in [9.17, 15) is 4.79 Å². The van der Waals surface area contributed by atoms with Gasteiger partial charge in [0, 0.05) is 16.0 Å². The molecule has 1 atom stereocenters. The quantitative estimate of drug-likeness (QED) is 0.464. The van der Waals surface area contributed by atoms with Gasteiger partial charge in [-0.1, -0.05) is 66.2 Å². The summed E-state index contributed by atoms with van der Waals surface area (Å²) in [4.78, 5) is 19.5. The lowest BCUT2D eigenvalue weighted by Gasteiger charge is -2.28. The molecule has 1 aliphatic rings. The lowest BCUT2D eigenvalue weighted by atomic mass is 9.83. The molecule has 1 aliphatic heterocycles. The van der Waals surface area contributed by atoms with Gasteiger partial charge >= 0.3 is 0 Å². The van der Waals surface area contributed by atoms with Crippen molar-refractivity contribution >= 4 is 22.4 Å². The van der Waals surface area contributed by atoms with Crippen LogP contribution in [0.1, 0.15) is 22.6 Å². The van der Waals surface area contributed by atoms with Crippen LogP contribution in [0.3, 0.4) is 0 Å². The Kier molecular flexibility index (Phi) is 3.33. The zero-order chi connectivity index (χ0) is 17.7. The third kappa shape index (κ3) is 2.16. The average Bonchev–Trinajstić information content (AvgIpc) is 2.67. The van der Waals surface area contributed by atoms with Gasteiger partial charge in [0.05, 0.1) is 17.8 Å². The zero-order valence-electron chi connectivity index (χ0n) is 13.6. The van der Waals surface area contributed by atoms with Crippen LogP contribution in [0.25, 0.3) is 10.8 Å². The first-order valence-corrected chi connectivity index (χ1v) is 8.63. The fourth-order valence-electron chi connectivity index (χ4n) is 3.62. The summed E-state index contributed by atoms with van der Waals surface area (Å²) < 4.78 is 6.09. The number of benzene rings is 3. The highest BCUT2D eigenvalue weighted by Gasteiger charge is 2.34. The lowest BCUT2D eigenvalue weighted by molar-refractivity contribution is 0.435. The maximum Gasteiger partial charge on any atom is 0.258 e. The minimum Gasteiger partial charge on any atom is -0.437 e. The second-order valence-electron chi connectivity index (χ2n) is 6.21. The number of aromatic nitrogens is 2. The molecule has 4 aromatic rings. The highest BCUT2D eigenvalue weighted by molar-refractivity contribution is 6.31. The number of nitrogens with one attached hydrogen (secondary N) is 1. The molecular weight excluding hydrogens is 348 g/mol. The summed E-state index contributed by atoms with van der Waals surface area (Å²) in [6.07, 6.45) is 1.36. The molecule has 3 aromatic carbocycles. The monoisotopic (exact) mass is 360 g/mol. The second kappa shape index (κ2) is 5.71. The smallest absolute Gasteiger partial charge is 0.258 e. The third-order valence-corrected chi connectivity index (χ3v) is 5.12. The molecule has 4 nitrogen and oxygen atoms in total. The van der Waals surface area contributed by atoms with Crippen LogP contribution in [-0.2, 0) is 0 Å². The number of fused-ring (bicyclic) bond motifs is 4. The van der Waals surface area contributed by atoms with Gasteiger partial charge in [0.15, 0.2) is 0 Å². The summed E-state index contributed by atoms with van der Waals surface area (Å²) in [6, 6.07) is 19.6. The molecule has 0 amide bonds. The number of aromatic amines is 1. The van der Waals surface area contributed by atoms with Crippen molar-refractivity contribution in [3.63, 3.8) is 0 Å². The van der Waals surface area contributed by atoms with Gasteiger partial charge < -0.3 is 9.72 Å². The maximum absolute atomic E-state index is 12.6. The molecular formula is C21H13ClN2O2. The van der Waals surface area contributed by atoms with Crippen LogP contribution in [0.4, 0.5) is 0 Å². The van der Waals surface area contributed by atoms with Crippen molar-refractivity contribution in [2.24, 2.45) is 0 Å². The Morgan fingerprint density at radius 2 is 1.77 bits per heavy atom. The standard InChI is InChI=1S/C21H13ClN2O2/c22-16-8-4-3-7-14(16)17-15-10-9-12-5-1-2-6-13(12)19(15)26-21-18(17)20(25)23-11-24-21/h1-11,17H,(H,23,24,25). The minimum atomic E-state index is -0.343. The van der Waals surface area contributed by atoms with Crippen LogP contribution in [-0.4, -0.2) is 9.97 Å². The van der Waals surface area contributed by atoms with Gasteiger partial charge in [-0.3, -0.25) is 4.79 Å². The first-order chi connectivity index (χ1) is 12.7. The summed E-state index contributed by atoms with van der Waals surface area (Å²) >= 11 is 6.49. The summed E-state index contributed by atoms with van der Waals surface area (Å²) in [6.45, 7) is 0. The molecule has 0 saturated carbocycles. The van der Waals surface area contributed by atoms with Crippen molar-refractivity contribution in [3.05, 3.63) is 99.1 Å². The zero-order valence-corrected chi connectivity index (χ0v) is 14.3. The number of H-pyrrole nitrogens is 1. The van der Waals surface area contributed by atoms with E-state index in [4.69, 9.17) is 16.3 Å². The number of nitrogens with zero attached hydrogens (tertiary/aromatic N) is 1. The molecule has 2 heterocycles. The van der Waals surface area contributed by atoms with E-state index in [1.807, 2.05) is 60.7 Å². The molecule has 1 N–H and O–H groups in total. The summed E-state index contributed by atoms with van der Waals surface area (Å²) in [5, 5.41) is 2.65. The lowest BCUT2D eigenvalue weighted by Crippen LogP contribution is -2.23. The summed E-state index contributed by atoms with van der Waals surface area (Å²) in [5.41, 5.74) is 2.01. The van der Waals surface area contributed by atoms with E-state index in [0.29, 0.717) is 16.5 Å².